The molecule has 0 saturated heterocycles. The van der Waals surface area contributed by atoms with Gasteiger partial charge in [-0.2, -0.15) is 0 Å². The molecule has 0 aliphatic heterocycles. The van der Waals surface area contributed by atoms with Crippen LogP contribution in [0.1, 0.15) is 17.9 Å². The predicted octanol–water partition coefficient (Wildman–Crippen LogP) is 3.13. The molecule has 2 nitrogen and oxygen atoms in total. The SMILES string of the molecule is CC(Cl)c1cccc2ncoc12. The number of halogens is 1. The Bertz CT molecular complexity index is 394. The molecule has 1 atom stereocenters. The van der Waals surface area contributed by atoms with E-state index in [1.54, 1.807) is 0 Å². The molecular weight excluding hydrogens is 174 g/mol. The highest BCUT2D eigenvalue weighted by atomic mass is 35.5. The van der Waals surface area contributed by atoms with Crippen molar-refractivity contribution in [2.24, 2.45) is 0 Å². The highest BCUT2D eigenvalue weighted by Gasteiger charge is 2.08. The van der Waals surface area contributed by atoms with Gasteiger partial charge in [-0.3, -0.25) is 0 Å². The van der Waals surface area contributed by atoms with Crippen molar-refractivity contribution >= 4 is 22.7 Å². The lowest BCUT2D eigenvalue weighted by Crippen LogP contribution is -1.83. The molecule has 0 spiro atoms. The fraction of sp³-hybridized carbons (Fsp3) is 0.222. The zero-order valence-corrected chi connectivity index (χ0v) is 7.38. The summed E-state index contributed by atoms with van der Waals surface area (Å²) in [5.41, 5.74) is 2.65. The first-order valence-corrected chi connectivity index (χ1v) is 4.19. The molecule has 62 valence electrons. The molecule has 2 aromatic rings. The van der Waals surface area contributed by atoms with Crippen LogP contribution in [0.4, 0.5) is 0 Å². The van der Waals surface area contributed by atoms with Crippen LogP contribution in [0.15, 0.2) is 29.0 Å². The summed E-state index contributed by atoms with van der Waals surface area (Å²) < 4.78 is 5.21. The first-order chi connectivity index (χ1) is 5.79. The Hall–Kier alpha value is -1.02. The third kappa shape index (κ3) is 1.08. The number of benzene rings is 1. The van der Waals surface area contributed by atoms with Crippen LogP contribution >= 0.6 is 11.6 Å². The summed E-state index contributed by atoms with van der Waals surface area (Å²) in [5.74, 6) is 0. The standard InChI is InChI=1S/C9H8ClNO/c1-6(10)7-3-2-4-8-9(7)12-5-11-8/h2-6H,1H3. The molecule has 0 radical (unpaired) electrons. The van der Waals surface area contributed by atoms with Gasteiger partial charge in [-0.05, 0) is 13.0 Å². The second-order valence-corrected chi connectivity index (χ2v) is 3.32. The molecule has 0 saturated carbocycles. The molecule has 1 aromatic heterocycles. The van der Waals surface area contributed by atoms with E-state index in [1.807, 2.05) is 25.1 Å². The van der Waals surface area contributed by atoms with E-state index in [0.29, 0.717) is 0 Å². The molecule has 2 rings (SSSR count). The minimum atomic E-state index is -0.0401. The average Bonchev–Trinajstić information content (AvgIpc) is 2.49. The topological polar surface area (TPSA) is 26.0 Å². The third-order valence-corrected chi connectivity index (χ3v) is 2.05. The lowest BCUT2D eigenvalue weighted by molar-refractivity contribution is 0.598. The van der Waals surface area contributed by atoms with Gasteiger partial charge in [0.1, 0.15) is 5.52 Å². The van der Waals surface area contributed by atoms with E-state index >= 15 is 0 Å². The van der Waals surface area contributed by atoms with E-state index in [4.69, 9.17) is 16.0 Å². The second kappa shape index (κ2) is 2.79. The van der Waals surface area contributed by atoms with Crippen LogP contribution < -0.4 is 0 Å². The quantitative estimate of drug-likeness (QED) is 0.632. The lowest BCUT2D eigenvalue weighted by atomic mass is 10.1. The number of hydrogen-bond acceptors (Lipinski definition) is 2. The number of hydrogen-bond donors (Lipinski definition) is 0. The van der Waals surface area contributed by atoms with E-state index in [2.05, 4.69) is 4.98 Å². The highest BCUT2D eigenvalue weighted by molar-refractivity contribution is 6.21. The highest BCUT2D eigenvalue weighted by Crippen LogP contribution is 2.26. The summed E-state index contributed by atoms with van der Waals surface area (Å²) in [6.45, 7) is 1.92. The predicted molar refractivity (Wildman–Crippen MR) is 48.3 cm³/mol. The first kappa shape index (κ1) is 7.62. The summed E-state index contributed by atoms with van der Waals surface area (Å²) in [4.78, 5) is 4.04. The van der Waals surface area contributed by atoms with Crippen LogP contribution in [-0.2, 0) is 0 Å². The molecule has 1 heterocycles. The number of para-hydroxylation sites is 1. The number of oxazole rings is 1. The van der Waals surface area contributed by atoms with Gasteiger partial charge >= 0.3 is 0 Å². The smallest absolute Gasteiger partial charge is 0.181 e. The van der Waals surface area contributed by atoms with Crippen LogP contribution in [-0.4, -0.2) is 4.98 Å². The zero-order chi connectivity index (χ0) is 8.55. The van der Waals surface area contributed by atoms with Gasteiger partial charge in [-0.1, -0.05) is 12.1 Å². The van der Waals surface area contributed by atoms with E-state index in [0.717, 1.165) is 16.7 Å². The van der Waals surface area contributed by atoms with Gasteiger partial charge in [-0.25, -0.2) is 4.98 Å². The maximum Gasteiger partial charge on any atom is 0.181 e. The molecule has 0 aliphatic rings. The molecule has 0 fully saturated rings. The lowest BCUT2D eigenvalue weighted by Gasteiger charge is -2.01. The van der Waals surface area contributed by atoms with Crippen molar-refractivity contribution in [2.45, 2.75) is 12.3 Å². The van der Waals surface area contributed by atoms with E-state index in [1.165, 1.54) is 6.39 Å². The Labute approximate surface area is 75.2 Å². The van der Waals surface area contributed by atoms with Crippen LogP contribution in [0.2, 0.25) is 0 Å². The molecule has 3 heteroatoms. The molecule has 1 aromatic carbocycles. The third-order valence-electron chi connectivity index (χ3n) is 1.82. The van der Waals surface area contributed by atoms with Gasteiger partial charge < -0.3 is 4.42 Å². The summed E-state index contributed by atoms with van der Waals surface area (Å²) in [6, 6.07) is 5.78. The Morgan fingerprint density at radius 3 is 3.08 bits per heavy atom. The van der Waals surface area contributed by atoms with Crippen LogP contribution in [0.3, 0.4) is 0 Å². The molecule has 0 N–H and O–H groups in total. The summed E-state index contributed by atoms with van der Waals surface area (Å²) in [5, 5.41) is -0.0401. The summed E-state index contributed by atoms with van der Waals surface area (Å²) >= 11 is 5.95. The first-order valence-electron chi connectivity index (χ1n) is 3.75. The van der Waals surface area contributed by atoms with Crippen molar-refractivity contribution in [1.82, 2.24) is 4.98 Å². The number of nitrogens with zero attached hydrogens (tertiary/aromatic N) is 1. The minimum Gasteiger partial charge on any atom is -0.443 e. The number of alkyl halides is 1. The molecule has 0 bridgehead atoms. The van der Waals surface area contributed by atoms with E-state index in [-0.39, 0.29) is 5.38 Å². The Balaban J connectivity index is 2.73. The van der Waals surface area contributed by atoms with Gasteiger partial charge in [0, 0.05) is 5.56 Å². The number of fused-ring (bicyclic) bond motifs is 1. The van der Waals surface area contributed by atoms with Crippen LogP contribution in [0.5, 0.6) is 0 Å². The van der Waals surface area contributed by atoms with Gasteiger partial charge in [-0.15, -0.1) is 11.6 Å². The molecule has 12 heavy (non-hydrogen) atoms. The molecular formula is C9H8ClNO. The fourth-order valence-electron chi connectivity index (χ4n) is 1.22. The normalized spacial score (nSPS) is 13.5. The van der Waals surface area contributed by atoms with Crippen molar-refractivity contribution in [1.29, 1.82) is 0 Å². The average molecular weight is 182 g/mol. The van der Waals surface area contributed by atoms with Crippen molar-refractivity contribution in [3.63, 3.8) is 0 Å². The van der Waals surface area contributed by atoms with Crippen molar-refractivity contribution in [3.8, 4) is 0 Å². The Morgan fingerprint density at radius 2 is 2.33 bits per heavy atom. The minimum absolute atomic E-state index is 0.0401. The molecule has 0 aliphatic carbocycles. The second-order valence-electron chi connectivity index (χ2n) is 2.66. The van der Waals surface area contributed by atoms with Crippen LogP contribution in [0, 0.1) is 0 Å². The Kier molecular flexibility index (Phi) is 1.77. The largest absolute Gasteiger partial charge is 0.443 e. The number of rotatable bonds is 1. The summed E-state index contributed by atoms with van der Waals surface area (Å²) in [6.07, 6.45) is 1.44. The van der Waals surface area contributed by atoms with E-state index < -0.39 is 0 Å². The Morgan fingerprint density at radius 1 is 1.50 bits per heavy atom. The van der Waals surface area contributed by atoms with Gasteiger partial charge in [0.05, 0.1) is 5.38 Å². The van der Waals surface area contributed by atoms with Crippen LogP contribution in [0.25, 0.3) is 11.1 Å². The van der Waals surface area contributed by atoms with E-state index in [9.17, 15) is 0 Å². The van der Waals surface area contributed by atoms with Gasteiger partial charge in [0.2, 0.25) is 0 Å². The molecule has 0 amide bonds. The maximum atomic E-state index is 5.95. The maximum absolute atomic E-state index is 5.95. The summed E-state index contributed by atoms with van der Waals surface area (Å²) in [7, 11) is 0. The van der Waals surface area contributed by atoms with Gasteiger partial charge in [0.25, 0.3) is 0 Å². The monoisotopic (exact) mass is 181 g/mol. The molecule has 1 unspecified atom stereocenters. The fourth-order valence-corrected chi connectivity index (χ4v) is 1.39. The number of aromatic nitrogens is 1. The van der Waals surface area contributed by atoms with Gasteiger partial charge in [0.15, 0.2) is 12.0 Å². The van der Waals surface area contributed by atoms with Crippen molar-refractivity contribution in [2.75, 3.05) is 0 Å². The zero-order valence-electron chi connectivity index (χ0n) is 6.62. The van der Waals surface area contributed by atoms with Crippen molar-refractivity contribution in [3.05, 3.63) is 30.2 Å². The van der Waals surface area contributed by atoms with Crippen molar-refractivity contribution < 1.29 is 4.42 Å².